The van der Waals surface area contributed by atoms with E-state index in [0.717, 1.165) is 20.8 Å². The highest BCUT2D eigenvalue weighted by Gasteiger charge is 2.21. The number of esters is 1. The van der Waals surface area contributed by atoms with Crippen molar-refractivity contribution in [2.45, 2.75) is 38.8 Å². The lowest BCUT2D eigenvalue weighted by Crippen LogP contribution is -2.37. The van der Waals surface area contributed by atoms with Crippen LogP contribution in [-0.2, 0) is 27.3 Å². The standard InChI is InChI=1S/C21H22N2O3S/c1-2-17(21(25)22-14-15-8-4-3-5-9-15)26-20(24)13-12-19-23-16-10-6-7-11-18(16)27-19/h3-11,17H,2,12-14H2,1H3,(H,22,25). The lowest BCUT2D eigenvalue weighted by atomic mass is 10.2. The predicted octanol–water partition coefficient (Wildman–Crippen LogP) is 3.87. The second-order valence-corrected chi connectivity index (χ2v) is 7.28. The van der Waals surface area contributed by atoms with Crippen molar-refractivity contribution in [2.24, 2.45) is 0 Å². The molecule has 0 saturated carbocycles. The van der Waals surface area contributed by atoms with Crippen LogP contribution in [0.5, 0.6) is 0 Å². The molecule has 0 radical (unpaired) electrons. The number of carbonyl (C=O) groups is 2. The zero-order valence-electron chi connectivity index (χ0n) is 15.2. The minimum absolute atomic E-state index is 0.211. The lowest BCUT2D eigenvalue weighted by Gasteiger charge is -2.16. The van der Waals surface area contributed by atoms with Crippen molar-refractivity contribution in [1.29, 1.82) is 0 Å². The maximum absolute atomic E-state index is 12.3. The van der Waals surface area contributed by atoms with Crippen LogP contribution in [-0.4, -0.2) is 23.0 Å². The first-order chi connectivity index (χ1) is 13.2. The minimum Gasteiger partial charge on any atom is -0.452 e. The van der Waals surface area contributed by atoms with Gasteiger partial charge in [0.15, 0.2) is 6.10 Å². The Hall–Kier alpha value is -2.73. The summed E-state index contributed by atoms with van der Waals surface area (Å²) in [5.41, 5.74) is 1.94. The van der Waals surface area contributed by atoms with Crippen molar-refractivity contribution in [3.63, 3.8) is 0 Å². The molecule has 6 heteroatoms. The number of fused-ring (bicyclic) bond motifs is 1. The molecule has 0 bridgehead atoms. The van der Waals surface area contributed by atoms with Gasteiger partial charge in [0.1, 0.15) is 0 Å². The summed E-state index contributed by atoms with van der Waals surface area (Å²) in [5.74, 6) is -0.648. The van der Waals surface area contributed by atoms with E-state index in [1.807, 2.05) is 61.5 Å². The number of nitrogens with zero attached hydrogens (tertiary/aromatic N) is 1. The van der Waals surface area contributed by atoms with Gasteiger partial charge in [-0.1, -0.05) is 49.4 Å². The van der Waals surface area contributed by atoms with E-state index in [1.54, 1.807) is 11.3 Å². The van der Waals surface area contributed by atoms with Gasteiger partial charge in [0.2, 0.25) is 0 Å². The number of hydrogen-bond acceptors (Lipinski definition) is 5. The number of thiazole rings is 1. The third-order valence-corrected chi connectivity index (χ3v) is 5.22. The van der Waals surface area contributed by atoms with E-state index < -0.39 is 6.10 Å². The zero-order chi connectivity index (χ0) is 19.1. The van der Waals surface area contributed by atoms with E-state index >= 15 is 0 Å². The van der Waals surface area contributed by atoms with E-state index in [0.29, 0.717) is 19.4 Å². The Kier molecular flexibility index (Phi) is 6.54. The van der Waals surface area contributed by atoms with Crippen molar-refractivity contribution in [3.05, 3.63) is 65.2 Å². The third kappa shape index (κ3) is 5.37. The van der Waals surface area contributed by atoms with Crippen LogP contribution in [0.2, 0.25) is 0 Å². The van der Waals surface area contributed by atoms with Gasteiger partial charge in [-0.3, -0.25) is 9.59 Å². The minimum atomic E-state index is -0.767. The summed E-state index contributed by atoms with van der Waals surface area (Å²) in [7, 11) is 0. The van der Waals surface area contributed by atoms with Crippen LogP contribution >= 0.6 is 11.3 Å². The van der Waals surface area contributed by atoms with Crippen LogP contribution in [0.4, 0.5) is 0 Å². The fourth-order valence-corrected chi connectivity index (χ4v) is 3.64. The van der Waals surface area contributed by atoms with Gasteiger partial charge in [0.05, 0.1) is 21.6 Å². The normalized spacial score (nSPS) is 11.9. The summed E-state index contributed by atoms with van der Waals surface area (Å²) in [4.78, 5) is 28.9. The molecule has 0 aliphatic carbocycles. The van der Waals surface area contributed by atoms with E-state index in [-0.39, 0.29) is 18.3 Å². The van der Waals surface area contributed by atoms with Gasteiger partial charge in [0.25, 0.3) is 5.91 Å². The molecule has 1 heterocycles. The third-order valence-electron chi connectivity index (χ3n) is 4.13. The number of carbonyl (C=O) groups excluding carboxylic acids is 2. The highest BCUT2D eigenvalue weighted by atomic mass is 32.1. The topological polar surface area (TPSA) is 68.3 Å². The highest BCUT2D eigenvalue weighted by molar-refractivity contribution is 7.18. The lowest BCUT2D eigenvalue weighted by molar-refractivity contribution is -0.156. The number of aryl methyl sites for hydroxylation is 1. The van der Waals surface area contributed by atoms with Crippen LogP contribution in [0.3, 0.4) is 0 Å². The Labute approximate surface area is 162 Å². The van der Waals surface area contributed by atoms with Crippen molar-refractivity contribution in [2.75, 3.05) is 0 Å². The molecule has 1 unspecified atom stereocenters. The van der Waals surface area contributed by atoms with Gasteiger partial charge in [-0.2, -0.15) is 0 Å². The van der Waals surface area contributed by atoms with Gasteiger partial charge < -0.3 is 10.1 Å². The van der Waals surface area contributed by atoms with Gasteiger partial charge in [0, 0.05) is 13.0 Å². The Bertz CT molecular complexity index is 875. The first-order valence-corrected chi connectivity index (χ1v) is 9.83. The fourth-order valence-electron chi connectivity index (χ4n) is 2.67. The van der Waals surface area contributed by atoms with Crippen LogP contribution in [0.1, 0.15) is 30.3 Å². The molecule has 0 fully saturated rings. The maximum Gasteiger partial charge on any atom is 0.306 e. The molecule has 1 atom stereocenters. The summed E-state index contributed by atoms with van der Waals surface area (Å²) < 4.78 is 6.48. The second-order valence-electron chi connectivity index (χ2n) is 6.17. The molecular weight excluding hydrogens is 360 g/mol. The Morgan fingerprint density at radius 2 is 1.85 bits per heavy atom. The highest BCUT2D eigenvalue weighted by Crippen LogP contribution is 2.22. The van der Waals surface area contributed by atoms with Crippen molar-refractivity contribution in [3.8, 4) is 0 Å². The first-order valence-electron chi connectivity index (χ1n) is 9.01. The van der Waals surface area contributed by atoms with Crippen LogP contribution in [0.15, 0.2) is 54.6 Å². The van der Waals surface area contributed by atoms with Crippen molar-refractivity contribution >= 4 is 33.4 Å². The number of hydrogen-bond donors (Lipinski definition) is 1. The summed E-state index contributed by atoms with van der Waals surface area (Å²) in [5, 5.41) is 3.72. The monoisotopic (exact) mass is 382 g/mol. The molecule has 1 N–H and O–H groups in total. The molecule has 0 aliphatic heterocycles. The summed E-state index contributed by atoms with van der Waals surface area (Å²) in [6.45, 7) is 2.24. The molecule has 140 valence electrons. The molecule has 3 rings (SSSR count). The molecule has 0 saturated heterocycles. The van der Waals surface area contributed by atoms with Gasteiger partial charge in [-0.15, -0.1) is 11.3 Å². The number of para-hydroxylation sites is 1. The quantitative estimate of drug-likeness (QED) is 0.601. The number of nitrogens with one attached hydrogen (secondary N) is 1. The van der Waals surface area contributed by atoms with Crippen LogP contribution in [0, 0.1) is 0 Å². The van der Waals surface area contributed by atoms with E-state index in [1.165, 1.54) is 0 Å². The predicted molar refractivity (Wildman–Crippen MR) is 106 cm³/mol. The molecule has 1 aromatic heterocycles. The number of amides is 1. The molecule has 27 heavy (non-hydrogen) atoms. The maximum atomic E-state index is 12.3. The first kappa shape index (κ1) is 19.0. The summed E-state index contributed by atoms with van der Waals surface area (Å²) in [6.07, 6.45) is 0.396. The molecule has 0 spiro atoms. The average Bonchev–Trinajstić information content (AvgIpc) is 3.12. The molecule has 3 aromatic rings. The van der Waals surface area contributed by atoms with E-state index in [2.05, 4.69) is 10.3 Å². The number of rotatable bonds is 8. The van der Waals surface area contributed by atoms with Crippen LogP contribution in [0.25, 0.3) is 10.2 Å². The van der Waals surface area contributed by atoms with Crippen molar-refractivity contribution < 1.29 is 14.3 Å². The van der Waals surface area contributed by atoms with Gasteiger partial charge in [-0.25, -0.2) is 4.98 Å². The molecule has 1 amide bonds. The smallest absolute Gasteiger partial charge is 0.306 e. The second kappa shape index (κ2) is 9.28. The van der Waals surface area contributed by atoms with Gasteiger partial charge >= 0.3 is 5.97 Å². The van der Waals surface area contributed by atoms with E-state index in [4.69, 9.17) is 4.74 Å². The number of ether oxygens (including phenoxy) is 1. The Morgan fingerprint density at radius 1 is 1.11 bits per heavy atom. The van der Waals surface area contributed by atoms with Crippen molar-refractivity contribution in [1.82, 2.24) is 10.3 Å². The largest absolute Gasteiger partial charge is 0.452 e. The van der Waals surface area contributed by atoms with Crippen LogP contribution < -0.4 is 5.32 Å². The fraction of sp³-hybridized carbons (Fsp3) is 0.286. The molecule has 5 nitrogen and oxygen atoms in total. The molecule has 0 aliphatic rings. The average molecular weight is 382 g/mol. The zero-order valence-corrected chi connectivity index (χ0v) is 16.0. The van der Waals surface area contributed by atoms with E-state index in [9.17, 15) is 9.59 Å². The number of aromatic nitrogens is 1. The number of benzene rings is 2. The summed E-state index contributed by atoms with van der Waals surface area (Å²) >= 11 is 1.58. The SMILES string of the molecule is CCC(OC(=O)CCc1nc2ccccc2s1)C(=O)NCc1ccccc1. The Balaban J connectivity index is 1.48. The summed E-state index contributed by atoms with van der Waals surface area (Å²) in [6, 6.07) is 17.5. The van der Waals surface area contributed by atoms with Gasteiger partial charge in [-0.05, 0) is 24.1 Å². The Morgan fingerprint density at radius 3 is 2.59 bits per heavy atom. The molecule has 2 aromatic carbocycles. The molecular formula is C21H22N2O3S.